The van der Waals surface area contributed by atoms with Crippen LogP contribution in [0, 0.1) is 13.8 Å². The fourth-order valence-corrected chi connectivity index (χ4v) is 2.77. The van der Waals surface area contributed by atoms with E-state index < -0.39 is 6.43 Å². The van der Waals surface area contributed by atoms with Gasteiger partial charge in [0.05, 0.1) is 11.4 Å². The zero-order valence-corrected chi connectivity index (χ0v) is 16.2. The fourth-order valence-electron chi connectivity index (χ4n) is 2.77. The Bertz CT molecular complexity index is 1140. The van der Waals surface area contributed by atoms with Gasteiger partial charge in [0.2, 0.25) is 5.88 Å². The molecule has 0 N–H and O–H groups in total. The van der Waals surface area contributed by atoms with E-state index in [2.05, 4.69) is 30.5 Å². The van der Waals surface area contributed by atoms with Crippen LogP contribution < -0.4 is 4.74 Å². The van der Waals surface area contributed by atoms with Gasteiger partial charge in [0.1, 0.15) is 12.3 Å². The van der Waals surface area contributed by atoms with Crippen molar-refractivity contribution >= 4 is 0 Å². The Balaban J connectivity index is 1.50. The molecule has 8 nitrogen and oxygen atoms in total. The summed E-state index contributed by atoms with van der Waals surface area (Å²) in [6.07, 6.45) is 2.02. The lowest BCUT2D eigenvalue weighted by Crippen LogP contribution is -2.09. The quantitative estimate of drug-likeness (QED) is 0.480. The molecule has 0 atom stereocenters. The van der Waals surface area contributed by atoms with Crippen molar-refractivity contribution in [3.05, 3.63) is 71.4 Å². The van der Waals surface area contributed by atoms with Crippen molar-refractivity contribution in [1.82, 2.24) is 35.2 Å². The molecule has 0 spiro atoms. The van der Waals surface area contributed by atoms with Crippen molar-refractivity contribution in [2.24, 2.45) is 0 Å². The molecule has 0 saturated heterocycles. The third kappa shape index (κ3) is 4.12. The molecule has 0 aliphatic heterocycles. The average Bonchev–Trinajstić information content (AvgIpc) is 3.13. The Hall–Kier alpha value is -3.82. The Morgan fingerprint density at radius 1 is 1.00 bits per heavy atom. The number of rotatable bonds is 6. The maximum atomic E-state index is 12.7. The number of hydrogen-bond donors (Lipinski definition) is 0. The van der Waals surface area contributed by atoms with E-state index in [9.17, 15) is 8.78 Å². The van der Waals surface area contributed by atoms with Gasteiger partial charge in [0.15, 0.2) is 5.82 Å². The summed E-state index contributed by atoms with van der Waals surface area (Å²) in [6, 6.07) is 8.25. The first-order valence-electron chi connectivity index (χ1n) is 9.05. The highest BCUT2D eigenvalue weighted by atomic mass is 19.3. The lowest BCUT2D eigenvalue weighted by atomic mass is 10.1. The third-order valence-electron chi connectivity index (χ3n) is 4.36. The second kappa shape index (κ2) is 8.27. The number of nitrogens with zero attached hydrogens (tertiary/aromatic N) is 7. The van der Waals surface area contributed by atoms with Gasteiger partial charge in [0, 0.05) is 35.8 Å². The standard InChI is InChI=1S/C20H17F2N7O/c1-12-7-15(9-23-8-12)16-4-6-19(27-26-16)30-11-17-13(2)25-28-29(17)18-5-3-14(10-24-18)20(21)22/h3-10,20H,11H2,1-2H3. The van der Waals surface area contributed by atoms with E-state index in [-0.39, 0.29) is 12.2 Å². The molecule has 152 valence electrons. The molecule has 0 aliphatic carbocycles. The molecule has 0 fully saturated rings. The molecule has 0 radical (unpaired) electrons. The monoisotopic (exact) mass is 409 g/mol. The van der Waals surface area contributed by atoms with Crippen molar-refractivity contribution in [2.75, 3.05) is 0 Å². The minimum Gasteiger partial charge on any atom is -0.470 e. The van der Waals surface area contributed by atoms with Crippen molar-refractivity contribution in [2.45, 2.75) is 26.9 Å². The Morgan fingerprint density at radius 3 is 2.53 bits per heavy atom. The Morgan fingerprint density at radius 2 is 1.87 bits per heavy atom. The number of hydrogen-bond acceptors (Lipinski definition) is 7. The molecule has 4 aromatic heterocycles. The van der Waals surface area contributed by atoms with Crippen LogP contribution in [0.2, 0.25) is 0 Å². The largest absolute Gasteiger partial charge is 0.470 e. The molecule has 30 heavy (non-hydrogen) atoms. The highest BCUT2D eigenvalue weighted by molar-refractivity contribution is 5.58. The molecule has 4 heterocycles. The van der Waals surface area contributed by atoms with Crippen molar-refractivity contribution in [3.63, 3.8) is 0 Å². The molecule has 0 aromatic carbocycles. The first kappa shape index (κ1) is 19.5. The molecule has 4 rings (SSSR count). The van der Waals surface area contributed by atoms with Gasteiger partial charge in [-0.1, -0.05) is 5.21 Å². The van der Waals surface area contributed by atoms with Crippen LogP contribution in [0.4, 0.5) is 8.78 Å². The van der Waals surface area contributed by atoms with E-state index >= 15 is 0 Å². The molecular weight excluding hydrogens is 392 g/mol. The predicted octanol–water partition coefficient (Wildman–Crippen LogP) is 3.65. The minimum atomic E-state index is -2.58. The van der Waals surface area contributed by atoms with Crippen molar-refractivity contribution in [3.8, 4) is 23.0 Å². The van der Waals surface area contributed by atoms with Gasteiger partial charge in [-0.2, -0.15) is 4.68 Å². The van der Waals surface area contributed by atoms with Gasteiger partial charge in [-0.3, -0.25) is 4.98 Å². The molecule has 4 aromatic rings. The number of halogens is 2. The van der Waals surface area contributed by atoms with Crippen LogP contribution in [-0.4, -0.2) is 35.2 Å². The van der Waals surface area contributed by atoms with E-state index in [0.29, 0.717) is 28.8 Å². The van der Waals surface area contributed by atoms with Crippen LogP contribution in [0.5, 0.6) is 5.88 Å². The van der Waals surface area contributed by atoms with E-state index in [1.807, 2.05) is 13.0 Å². The van der Waals surface area contributed by atoms with E-state index in [0.717, 1.165) is 17.3 Å². The topological polar surface area (TPSA) is 91.5 Å². The summed E-state index contributed by atoms with van der Waals surface area (Å²) in [6.45, 7) is 3.84. The first-order valence-corrected chi connectivity index (χ1v) is 9.05. The highest BCUT2D eigenvalue weighted by Gasteiger charge is 2.15. The predicted molar refractivity (Wildman–Crippen MR) is 103 cm³/mol. The van der Waals surface area contributed by atoms with Crippen LogP contribution in [0.25, 0.3) is 17.1 Å². The normalized spacial score (nSPS) is 11.1. The SMILES string of the molecule is Cc1cncc(-c2ccc(OCc3c(C)nnn3-c3ccc(C(F)F)cn3)nn2)c1. The van der Waals surface area contributed by atoms with Crippen molar-refractivity contribution < 1.29 is 13.5 Å². The van der Waals surface area contributed by atoms with Crippen LogP contribution in [0.1, 0.15) is 28.9 Å². The number of pyridine rings is 2. The van der Waals surface area contributed by atoms with E-state index in [1.54, 1.807) is 31.5 Å². The van der Waals surface area contributed by atoms with Gasteiger partial charge in [-0.25, -0.2) is 13.8 Å². The number of alkyl halides is 2. The van der Waals surface area contributed by atoms with E-state index in [4.69, 9.17) is 4.74 Å². The summed E-state index contributed by atoms with van der Waals surface area (Å²) in [5, 5.41) is 16.3. The second-order valence-electron chi connectivity index (χ2n) is 6.58. The van der Waals surface area contributed by atoms with Crippen LogP contribution in [0.3, 0.4) is 0 Å². The summed E-state index contributed by atoms with van der Waals surface area (Å²) in [5.74, 6) is 0.694. The third-order valence-corrected chi connectivity index (χ3v) is 4.36. The average molecular weight is 409 g/mol. The number of aryl methyl sites for hydroxylation is 2. The van der Waals surface area contributed by atoms with Crippen LogP contribution in [0.15, 0.2) is 48.9 Å². The van der Waals surface area contributed by atoms with Gasteiger partial charge in [-0.05, 0) is 43.7 Å². The maximum absolute atomic E-state index is 12.7. The number of ether oxygens (including phenoxy) is 1. The molecule has 10 heteroatoms. The van der Waals surface area contributed by atoms with Gasteiger partial charge in [0.25, 0.3) is 6.43 Å². The Kier molecular flexibility index (Phi) is 5.38. The molecule has 0 unspecified atom stereocenters. The summed E-state index contributed by atoms with van der Waals surface area (Å²) in [4.78, 5) is 8.20. The summed E-state index contributed by atoms with van der Waals surface area (Å²) < 4.78 is 32.7. The lowest BCUT2D eigenvalue weighted by Gasteiger charge is -2.09. The second-order valence-corrected chi connectivity index (χ2v) is 6.58. The molecule has 0 saturated carbocycles. The van der Waals surface area contributed by atoms with Crippen LogP contribution >= 0.6 is 0 Å². The first-order chi connectivity index (χ1) is 14.5. The van der Waals surface area contributed by atoms with Gasteiger partial charge in [-0.15, -0.1) is 15.3 Å². The summed E-state index contributed by atoms with van der Waals surface area (Å²) >= 11 is 0. The molecule has 0 bridgehead atoms. The zero-order chi connectivity index (χ0) is 21.1. The number of aromatic nitrogens is 7. The smallest absolute Gasteiger partial charge is 0.265 e. The van der Waals surface area contributed by atoms with Crippen molar-refractivity contribution in [1.29, 1.82) is 0 Å². The van der Waals surface area contributed by atoms with E-state index in [1.165, 1.54) is 16.8 Å². The lowest BCUT2D eigenvalue weighted by molar-refractivity contribution is 0.151. The highest BCUT2D eigenvalue weighted by Crippen LogP contribution is 2.21. The van der Waals surface area contributed by atoms with Crippen LogP contribution in [-0.2, 0) is 6.61 Å². The van der Waals surface area contributed by atoms with Gasteiger partial charge >= 0.3 is 0 Å². The van der Waals surface area contributed by atoms with Gasteiger partial charge < -0.3 is 4.74 Å². The molecular formula is C20H17F2N7O. The Labute approximate surface area is 170 Å². The zero-order valence-electron chi connectivity index (χ0n) is 16.2. The maximum Gasteiger partial charge on any atom is 0.265 e. The molecule has 0 amide bonds. The minimum absolute atomic E-state index is 0.108. The molecule has 0 aliphatic rings. The summed E-state index contributed by atoms with van der Waals surface area (Å²) in [7, 11) is 0. The fraction of sp³-hybridized carbons (Fsp3) is 0.200. The summed E-state index contributed by atoms with van der Waals surface area (Å²) in [5.41, 5.74) is 3.68.